The van der Waals surface area contributed by atoms with Gasteiger partial charge in [-0.2, -0.15) is 0 Å². The number of hydrogen-bond donors (Lipinski definition) is 7. The number of hydrogen-bond acceptors (Lipinski definition) is 7. The van der Waals surface area contributed by atoms with E-state index in [1.165, 1.54) is 13.8 Å². The van der Waals surface area contributed by atoms with E-state index in [4.69, 9.17) is 35.7 Å². The highest BCUT2D eigenvalue weighted by Crippen LogP contribution is 2.06. The molecule has 0 aromatic heterocycles. The third-order valence-corrected chi connectivity index (χ3v) is 2.78. The first-order chi connectivity index (χ1) is 11.7. The first-order valence-corrected chi connectivity index (χ1v) is 8.89. The summed E-state index contributed by atoms with van der Waals surface area (Å²) >= 11 is 0. The molecule has 0 saturated heterocycles. The Morgan fingerprint density at radius 3 is 1.15 bits per heavy atom. The van der Waals surface area contributed by atoms with Gasteiger partial charge in [0.05, 0.1) is 24.9 Å². The van der Waals surface area contributed by atoms with Crippen LogP contribution in [0.1, 0.15) is 67.7 Å². The van der Waals surface area contributed by atoms with E-state index < -0.39 is 17.7 Å². The molecule has 0 aliphatic carbocycles. The van der Waals surface area contributed by atoms with Crippen molar-refractivity contribution in [1.82, 2.24) is 0 Å². The predicted molar refractivity (Wildman–Crippen MR) is 102 cm³/mol. The van der Waals surface area contributed by atoms with Gasteiger partial charge in [-0.15, -0.1) is 0 Å². The Balaban J connectivity index is -0.000000127. The van der Waals surface area contributed by atoms with Crippen LogP contribution in [0, 0.1) is 5.92 Å². The first kappa shape index (κ1) is 32.9. The summed E-state index contributed by atoms with van der Waals surface area (Å²) in [4.78, 5) is 10.0. The van der Waals surface area contributed by atoms with Crippen molar-refractivity contribution in [2.75, 3.05) is 13.2 Å². The number of carboxylic acid groups (broad SMARTS) is 1. The predicted octanol–water partition coefficient (Wildman–Crippen LogP) is 0.754. The molecule has 8 nitrogen and oxygen atoms in total. The Labute approximate surface area is 158 Å². The molecule has 0 fully saturated rings. The van der Waals surface area contributed by atoms with Gasteiger partial charge in [0.25, 0.3) is 0 Å². The highest BCUT2D eigenvalue weighted by Gasteiger charge is 2.26. The van der Waals surface area contributed by atoms with E-state index in [-0.39, 0.29) is 25.2 Å². The zero-order chi connectivity index (χ0) is 21.9. The minimum atomic E-state index is -1.54. The average molecular weight is 387 g/mol. The summed E-state index contributed by atoms with van der Waals surface area (Å²) in [5.74, 6) is -0.727. The van der Waals surface area contributed by atoms with E-state index in [0.717, 1.165) is 0 Å². The van der Waals surface area contributed by atoms with Crippen LogP contribution in [0.5, 0.6) is 0 Å². The summed E-state index contributed by atoms with van der Waals surface area (Å²) in [6.45, 7) is 12.0. The molecule has 0 spiro atoms. The third-order valence-electron chi connectivity index (χ3n) is 2.78. The summed E-state index contributed by atoms with van der Waals surface area (Å²) in [5.41, 5.74) is -1.54. The van der Waals surface area contributed by atoms with E-state index in [2.05, 4.69) is 0 Å². The minimum Gasteiger partial charge on any atom is -0.479 e. The van der Waals surface area contributed by atoms with Gasteiger partial charge in [-0.3, -0.25) is 0 Å². The van der Waals surface area contributed by atoms with Crippen molar-refractivity contribution in [3.63, 3.8) is 0 Å². The molecule has 4 atom stereocenters. The quantitative estimate of drug-likeness (QED) is 0.338. The third kappa shape index (κ3) is 38.7. The van der Waals surface area contributed by atoms with E-state index in [9.17, 15) is 4.79 Å². The summed E-state index contributed by atoms with van der Waals surface area (Å²) in [7, 11) is 0. The molecular formula is C18H42O8. The van der Waals surface area contributed by atoms with Crippen molar-refractivity contribution in [1.29, 1.82) is 0 Å². The van der Waals surface area contributed by atoms with Crippen LogP contribution in [0.25, 0.3) is 0 Å². The first-order valence-electron chi connectivity index (χ1n) is 8.89. The van der Waals surface area contributed by atoms with Crippen LogP contribution in [-0.2, 0) is 4.79 Å². The van der Waals surface area contributed by atoms with Crippen LogP contribution < -0.4 is 0 Å². The molecule has 8 heteroatoms. The molecule has 4 unspecified atom stereocenters. The van der Waals surface area contributed by atoms with E-state index in [0.29, 0.717) is 25.4 Å². The van der Waals surface area contributed by atoms with Gasteiger partial charge in [-0.05, 0) is 52.9 Å². The van der Waals surface area contributed by atoms with Gasteiger partial charge in [0.1, 0.15) is 0 Å². The normalized spacial score (nSPS) is 15.6. The molecule has 0 bridgehead atoms. The number of carbonyl (C=O) groups is 1. The molecule has 0 aliphatic heterocycles. The summed E-state index contributed by atoms with van der Waals surface area (Å²) in [6, 6.07) is 0. The van der Waals surface area contributed by atoms with Crippen LogP contribution in [0.4, 0.5) is 0 Å². The molecule has 0 radical (unpaired) electrons. The number of aliphatic hydroxyl groups excluding tert-OH is 5. The maximum Gasteiger partial charge on any atom is 0.335 e. The van der Waals surface area contributed by atoms with Crippen molar-refractivity contribution in [3.8, 4) is 0 Å². The molecule has 26 heavy (non-hydrogen) atoms. The van der Waals surface area contributed by atoms with Gasteiger partial charge < -0.3 is 35.7 Å². The Morgan fingerprint density at radius 2 is 1.12 bits per heavy atom. The highest BCUT2D eigenvalue weighted by molar-refractivity contribution is 5.76. The number of aliphatic hydroxyl groups is 6. The number of carboxylic acids is 1. The highest BCUT2D eigenvalue weighted by atomic mass is 16.4. The van der Waals surface area contributed by atoms with Gasteiger partial charge in [-0.25, -0.2) is 4.79 Å². The SMILES string of the molecule is CC(C)CO.CC(O)CCC(C)O.CC(O)CO.CCC(C)(O)C(=O)O. The minimum absolute atomic E-state index is 0.139. The lowest BCUT2D eigenvalue weighted by Gasteiger charge is -2.13. The molecule has 0 saturated carbocycles. The van der Waals surface area contributed by atoms with Gasteiger partial charge in [0, 0.05) is 6.61 Å². The van der Waals surface area contributed by atoms with Crippen LogP contribution in [0.2, 0.25) is 0 Å². The second-order valence-electron chi connectivity index (χ2n) is 6.82. The molecular weight excluding hydrogens is 344 g/mol. The Morgan fingerprint density at radius 1 is 0.846 bits per heavy atom. The second kappa shape index (κ2) is 20.5. The van der Waals surface area contributed by atoms with Gasteiger partial charge >= 0.3 is 5.97 Å². The fourth-order valence-corrected chi connectivity index (χ4v) is 0.634. The number of rotatable bonds is 7. The van der Waals surface area contributed by atoms with E-state index in [1.54, 1.807) is 20.8 Å². The van der Waals surface area contributed by atoms with Crippen LogP contribution >= 0.6 is 0 Å². The van der Waals surface area contributed by atoms with Crippen molar-refractivity contribution < 1.29 is 40.5 Å². The maximum absolute atomic E-state index is 10.0. The van der Waals surface area contributed by atoms with Crippen LogP contribution in [-0.4, -0.2) is 78.8 Å². The van der Waals surface area contributed by atoms with Crippen molar-refractivity contribution in [3.05, 3.63) is 0 Å². The topological polar surface area (TPSA) is 159 Å². The molecule has 0 aromatic carbocycles. The maximum atomic E-state index is 10.0. The average Bonchev–Trinajstić information content (AvgIpc) is 2.54. The second-order valence-corrected chi connectivity index (χ2v) is 6.82. The molecule has 0 rings (SSSR count). The standard InChI is InChI=1S/C6H14O2.C5H10O3.C4H10O.C3H8O2/c1-5(7)3-4-6(2)8;1-3-5(2,8)4(6)7;1-4(2)3-5;1-3(5)2-4/h5-8H,3-4H2,1-2H3;8H,3H2,1-2H3,(H,6,7);4-5H,3H2,1-2H3;3-5H,2H2,1H3. The lowest BCUT2D eigenvalue weighted by molar-refractivity contribution is -0.156. The van der Waals surface area contributed by atoms with Crippen molar-refractivity contribution >= 4 is 5.97 Å². The molecule has 0 amide bonds. The van der Waals surface area contributed by atoms with Crippen molar-refractivity contribution in [2.45, 2.75) is 91.6 Å². The lowest BCUT2D eigenvalue weighted by atomic mass is 10.1. The zero-order valence-corrected chi connectivity index (χ0v) is 17.4. The van der Waals surface area contributed by atoms with Gasteiger partial charge in [0.15, 0.2) is 5.60 Å². The summed E-state index contributed by atoms with van der Waals surface area (Å²) in [5, 5.41) is 58.5. The molecule has 0 heterocycles. The van der Waals surface area contributed by atoms with E-state index >= 15 is 0 Å². The van der Waals surface area contributed by atoms with Crippen LogP contribution in [0.3, 0.4) is 0 Å². The van der Waals surface area contributed by atoms with Crippen LogP contribution in [0.15, 0.2) is 0 Å². The largest absolute Gasteiger partial charge is 0.479 e. The van der Waals surface area contributed by atoms with Crippen molar-refractivity contribution in [2.24, 2.45) is 5.92 Å². The molecule has 7 N–H and O–H groups in total. The molecule has 162 valence electrons. The number of aliphatic carboxylic acids is 1. The smallest absolute Gasteiger partial charge is 0.335 e. The summed E-state index contributed by atoms with van der Waals surface area (Å²) in [6.07, 6.45) is 0.515. The monoisotopic (exact) mass is 386 g/mol. The molecule has 0 aromatic rings. The lowest BCUT2D eigenvalue weighted by Crippen LogP contribution is -2.33. The van der Waals surface area contributed by atoms with Gasteiger partial charge in [0.2, 0.25) is 0 Å². The van der Waals surface area contributed by atoms with Gasteiger partial charge in [-0.1, -0.05) is 20.8 Å². The summed E-state index contributed by atoms with van der Waals surface area (Å²) < 4.78 is 0. The zero-order valence-electron chi connectivity index (χ0n) is 17.4. The fraction of sp³-hybridized carbons (Fsp3) is 0.944. The Bertz CT molecular complexity index is 273. The van der Waals surface area contributed by atoms with E-state index in [1.807, 2.05) is 13.8 Å². The fourth-order valence-electron chi connectivity index (χ4n) is 0.634. The Kier molecular flexibility index (Phi) is 26.0. The Hall–Kier alpha value is -0.770. The molecule has 0 aliphatic rings.